The van der Waals surface area contributed by atoms with Crippen LogP contribution in [0.4, 0.5) is 0 Å². The number of nitrogens with zero attached hydrogens (tertiary/aromatic N) is 1. The van der Waals surface area contributed by atoms with Gasteiger partial charge >= 0.3 is 0 Å². The van der Waals surface area contributed by atoms with Crippen LogP contribution in [0.25, 0.3) is 0 Å². The van der Waals surface area contributed by atoms with Gasteiger partial charge in [-0.2, -0.15) is 0 Å². The lowest BCUT2D eigenvalue weighted by Gasteiger charge is -2.06. The fourth-order valence-corrected chi connectivity index (χ4v) is 0.923. The van der Waals surface area contributed by atoms with Crippen molar-refractivity contribution in [3.05, 3.63) is 23.9 Å². The first-order valence-corrected chi connectivity index (χ1v) is 3.90. The van der Waals surface area contributed by atoms with Gasteiger partial charge in [0.05, 0.1) is 0 Å². The van der Waals surface area contributed by atoms with E-state index in [4.69, 9.17) is 5.11 Å². The van der Waals surface area contributed by atoms with E-state index in [0.29, 0.717) is 5.92 Å². The lowest BCUT2D eigenvalue weighted by Crippen LogP contribution is -1.93. The summed E-state index contributed by atoms with van der Waals surface area (Å²) in [6.07, 6.45) is 1.05. The standard InChI is InChI=1S/C9H13NO/c1-3-7(2)8-5-4-6-9(11)10-8/h4-7H,3H2,1-2H3,(H,10,11). The molecule has 1 aromatic rings. The Morgan fingerprint density at radius 1 is 1.55 bits per heavy atom. The van der Waals surface area contributed by atoms with Gasteiger partial charge in [-0.05, 0) is 18.4 Å². The number of rotatable bonds is 2. The van der Waals surface area contributed by atoms with Crippen molar-refractivity contribution in [1.82, 2.24) is 4.98 Å². The third kappa shape index (κ3) is 1.93. The predicted octanol–water partition coefficient (Wildman–Crippen LogP) is 2.30. The molecule has 0 aliphatic carbocycles. The fraction of sp³-hybridized carbons (Fsp3) is 0.444. The van der Waals surface area contributed by atoms with E-state index in [-0.39, 0.29) is 5.88 Å². The minimum atomic E-state index is 0.114. The smallest absolute Gasteiger partial charge is 0.210 e. The van der Waals surface area contributed by atoms with Gasteiger partial charge in [0, 0.05) is 11.8 Å². The molecule has 2 nitrogen and oxygen atoms in total. The topological polar surface area (TPSA) is 33.1 Å². The van der Waals surface area contributed by atoms with Crippen molar-refractivity contribution >= 4 is 0 Å². The monoisotopic (exact) mass is 151 g/mol. The highest BCUT2D eigenvalue weighted by molar-refractivity contribution is 5.16. The van der Waals surface area contributed by atoms with Crippen molar-refractivity contribution in [3.63, 3.8) is 0 Å². The van der Waals surface area contributed by atoms with Crippen molar-refractivity contribution in [1.29, 1.82) is 0 Å². The zero-order chi connectivity index (χ0) is 8.27. The second kappa shape index (κ2) is 3.37. The first-order valence-electron chi connectivity index (χ1n) is 3.90. The summed E-state index contributed by atoms with van der Waals surface area (Å²) in [5.74, 6) is 0.546. The summed E-state index contributed by atoms with van der Waals surface area (Å²) in [5, 5.41) is 9.05. The van der Waals surface area contributed by atoms with Crippen molar-refractivity contribution in [2.45, 2.75) is 26.2 Å². The van der Waals surface area contributed by atoms with Crippen molar-refractivity contribution in [2.75, 3.05) is 0 Å². The van der Waals surface area contributed by atoms with E-state index in [1.165, 1.54) is 0 Å². The van der Waals surface area contributed by atoms with Crippen LogP contribution in [0.1, 0.15) is 31.9 Å². The second-order valence-electron chi connectivity index (χ2n) is 2.73. The summed E-state index contributed by atoms with van der Waals surface area (Å²) in [4.78, 5) is 4.00. The Kier molecular flexibility index (Phi) is 2.47. The van der Waals surface area contributed by atoms with Crippen LogP contribution in [-0.4, -0.2) is 10.1 Å². The Morgan fingerprint density at radius 2 is 2.27 bits per heavy atom. The minimum absolute atomic E-state index is 0.114. The van der Waals surface area contributed by atoms with E-state index >= 15 is 0 Å². The molecule has 0 aliphatic rings. The van der Waals surface area contributed by atoms with E-state index < -0.39 is 0 Å². The van der Waals surface area contributed by atoms with Gasteiger partial charge in [0.25, 0.3) is 0 Å². The van der Waals surface area contributed by atoms with Crippen LogP contribution >= 0.6 is 0 Å². The van der Waals surface area contributed by atoms with E-state index in [0.717, 1.165) is 12.1 Å². The van der Waals surface area contributed by atoms with Gasteiger partial charge in [-0.1, -0.05) is 19.9 Å². The highest BCUT2D eigenvalue weighted by Gasteiger charge is 2.03. The second-order valence-corrected chi connectivity index (χ2v) is 2.73. The molecule has 0 spiro atoms. The third-order valence-electron chi connectivity index (χ3n) is 1.87. The van der Waals surface area contributed by atoms with Gasteiger partial charge in [0.2, 0.25) is 5.88 Å². The Morgan fingerprint density at radius 3 is 2.82 bits per heavy atom. The molecule has 0 fully saturated rings. The fourth-order valence-electron chi connectivity index (χ4n) is 0.923. The molecule has 0 saturated heterocycles. The molecule has 1 atom stereocenters. The van der Waals surface area contributed by atoms with Crippen LogP contribution in [0.2, 0.25) is 0 Å². The van der Waals surface area contributed by atoms with Gasteiger partial charge in [0.15, 0.2) is 0 Å². The molecular weight excluding hydrogens is 138 g/mol. The number of pyridine rings is 1. The molecule has 1 rings (SSSR count). The van der Waals surface area contributed by atoms with E-state index in [1.807, 2.05) is 12.1 Å². The van der Waals surface area contributed by atoms with Gasteiger partial charge in [-0.25, -0.2) is 4.98 Å². The van der Waals surface area contributed by atoms with E-state index in [9.17, 15) is 0 Å². The number of aromatic nitrogens is 1. The van der Waals surface area contributed by atoms with Crippen LogP contribution in [0.15, 0.2) is 18.2 Å². The average molecular weight is 151 g/mol. The third-order valence-corrected chi connectivity index (χ3v) is 1.87. The molecule has 0 aliphatic heterocycles. The summed E-state index contributed by atoms with van der Waals surface area (Å²) < 4.78 is 0. The number of hydrogen-bond donors (Lipinski definition) is 1. The van der Waals surface area contributed by atoms with Crippen LogP contribution in [0.5, 0.6) is 5.88 Å². The summed E-state index contributed by atoms with van der Waals surface area (Å²) in [6.45, 7) is 4.21. The molecule has 0 amide bonds. The van der Waals surface area contributed by atoms with E-state index in [1.54, 1.807) is 6.07 Å². The van der Waals surface area contributed by atoms with Gasteiger partial charge in [-0.15, -0.1) is 0 Å². The van der Waals surface area contributed by atoms with Gasteiger partial charge in [0.1, 0.15) is 0 Å². The Hall–Kier alpha value is -1.05. The lowest BCUT2D eigenvalue weighted by atomic mass is 10.0. The molecular formula is C9H13NO. The molecule has 60 valence electrons. The highest BCUT2D eigenvalue weighted by Crippen LogP contribution is 2.17. The molecule has 0 radical (unpaired) electrons. The quantitative estimate of drug-likeness (QED) is 0.703. The zero-order valence-corrected chi connectivity index (χ0v) is 6.91. The van der Waals surface area contributed by atoms with Crippen LogP contribution in [0.3, 0.4) is 0 Å². The van der Waals surface area contributed by atoms with Crippen LogP contribution in [-0.2, 0) is 0 Å². The number of hydrogen-bond acceptors (Lipinski definition) is 2. The summed E-state index contributed by atoms with van der Waals surface area (Å²) in [5.41, 5.74) is 0.965. The zero-order valence-electron chi connectivity index (χ0n) is 6.91. The molecule has 11 heavy (non-hydrogen) atoms. The van der Waals surface area contributed by atoms with Crippen molar-refractivity contribution < 1.29 is 5.11 Å². The molecule has 1 N–H and O–H groups in total. The van der Waals surface area contributed by atoms with Crippen LogP contribution < -0.4 is 0 Å². The largest absolute Gasteiger partial charge is 0.493 e. The molecule has 0 saturated carbocycles. The molecule has 1 aromatic heterocycles. The normalized spacial score (nSPS) is 12.9. The Balaban J connectivity index is 2.86. The van der Waals surface area contributed by atoms with E-state index in [2.05, 4.69) is 18.8 Å². The minimum Gasteiger partial charge on any atom is -0.493 e. The molecule has 1 unspecified atom stereocenters. The van der Waals surface area contributed by atoms with Gasteiger partial charge < -0.3 is 5.11 Å². The molecule has 0 aromatic carbocycles. The van der Waals surface area contributed by atoms with Gasteiger partial charge in [-0.3, -0.25) is 0 Å². The SMILES string of the molecule is CCC(C)c1cccc(O)n1. The molecule has 1 heterocycles. The predicted molar refractivity (Wildman–Crippen MR) is 44.6 cm³/mol. The summed E-state index contributed by atoms with van der Waals surface area (Å²) in [6, 6.07) is 5.35. The maximum absolute atomic E-state index is 9.05. The first-order chi connectivity index (χ1) is 5.24. The molecule has 0 bridgehead atoms. The van der Waals surface area contributed by atoms with Crippen molar-refractivity contribution in [3.8, 4) is 5.88 Å². The Labute approximate surface area is 66.9 Å². The average Bonchev–Trinajstić information content (AvgIpc) is 2.03. The number of aromatic hydroxyl groups is 1. The lowest BCUT2D eigenvalue weighted by molar-refractivity contribution is 0.449. The summed E-state index contributed by atoms with van der Waals surface area (Å²) in [7, 11) is 0. The first kappa shape index (κ1) is 8.05. The highest BCUT2D eigenvalue weighted by atomic mass is 16.3. The summed E-state index contributed by atoms with van der Waals surface area (Å²) >= 11 is 0. The van der Waals surface area contributed by atoms with Crippen molar-refractivity contribution in [2.24, 2.45) is 0 Å². The maximum atomic E-state index is 9.05. The molecule has 2 heteroatoms. The maximum Gasteiger partial charge on any atom is 0.210 e. The Bertz CT molecular complexity index is 235. The van der Waals surface area contributed by atoms with Crippen LogP contribution in [0, 0.1) is 0 Å².